The van der Waals surface area contributed by atoms with Crippen LogP contribution in [-0.2, 0) is 20.0 Å². The van der Waals surface area contributed by atoms with Gasteiger partial charge >= 0.3 is 0 Å². The van der Waals surface area contributed by atoms with Gasteiger partial charge in [0.1, 0.15) is 14.9 Å². The van der Waals surface area contributed by atoms with Crippen LogP contribution in [0.5, 0.6) is 0 Å². The number of sulfonamides is 2. The Morgan fingerprint density at radius 1 is 0.793 bits per heavy atom. The summed E-state index contributed by atoms with van der Waals surface area (Å²) in [5.41, 5.74) is -0.352. The molecule has 1 heterocycles. The minimum atomic E-state index is -4.30. The Morgan fingerprint density at radius 3 is 1.90 bits per heavy atom. The van der Waals surface area contributed by atoms with Crippen molar-refractivity contribution in [3.8, 4) is 0 Å². The van der Waals surface area contributed by atoms with Gasteiger partial charge in [0.25, 0.3) is 20.0 Å². The van der Waals surface area contributed by atoms with Crippen molar-refractivity contribution >= 4 is 77.6 Å². The lowest BCUT2D eigenvalue weighted by atomic mass is 10.3. The molecule has 154 valence electrons. The average Bonchev–Trinajstić information content (AvgIpc) is 3.14. The Labute approximate surface area is 185 Å². The van der Waals surface area contributed by atoms with E-state index in [1.807, 2.05) is 0 Å². The van der Waals surface area contributed by atoms with Crippen molar-refractivity contribution in [3.05, 3.63) is 68.7 Å². The number of benzene rings is 2. The molecule has 0 fully saturated rings. The fourth-order valence-electron chi connectivity index (χ4n) is 2.22. The molecule has 0 aliphatic rings. The molecule has 0 amide bonds. The highest BCUT2D eigenvalue weighted by Crippen LogP contribution is 2.36. The van der Waals surface area contributed by atoms with E-state index in [0.717, 1.165) is 35.6 Å². The summed E-state index contributed by atoms with van der Waals surface area (Å²) in [5, 5.41) is 1.20. The first-order valence-electron chi connectivity index (χ1n) is 7.53. The van der Waals surface area contributed by atoms with Crippen molar-refractivity contribution in [2.24, 2.45) is 0 Å². The van der Waals surface area contributed by atoms with Crippen LogP contribution >= 0.6 is 46.1 Å². The standard InChI is InChI=1S/C16H10Cl3FN2O4S3/c17-10-7-13(21-28(23,24)15-4-3-9(20)6-12(15)19)14(8-11(10)18)22-29(25,26)16-2-1-5-27-16/h1-8,21-22H. The second-order valence-corrected chi connectivity index (χ2v) is 11.3. The van der Waals surface area contributed by atoms with Gasteiger partial charge in [-0.05, 0) is 41.8 Å². The molecular formula is C16H10Cl3FN2O4S3. The smallest absolute Gasteiger partial charge is 0.271 e. The molecule has 3 rings (SSSR count). The maximum absolute atomic E-state index is 13.2. The summed E-state index contributed by atoms with van der Waals surface area (Å²) in [7, 11) is -8.30. The molecule has 0 atom stereocenters. The molecule has 0 spiro atoms. The zero-order valence-electron chi connectivity index (χ0n) is 14.0. The van der Waals surface area contributed by atoms with Gasteiger partial charge in [0.05, 0.1) is 26.4 Å². The monoisotopic (exact) mass is 514 g/mol. The minimum Gasteiger partial charge on any atom is -0.277 e. The van der Waals surface area contributed by atoms with Gasteiger partial charge in [-0.25, -0.2) is 21.2 Å². The fraction of sp³-hybridized carbons (Fsp3) is 0. The van der Waals surface area contributed by atoms with Gasteiger partial charge in [0.15, 0.2) is 0 Å². The van der Waals surface area contributed by atoms with Gasteiger partial charge in [0.2, 0.25) is 0 Å². The third kappa shape index (κ3) is 4.96. The van der Waals surface area contributed by atoms with Crippen molar-refractivity contribution in [1.82, 2.24) is 0 Å². The molecule has 0 saturated carbocycles. The fourth-order valence-corrected chi connectivity index (χ4v) is 6.21. The summed E-state index contributed by atoms with van der Waals surface area (Å²) in [4.78, 5) is -0.404. The lowest BCUT2D eigenvalue weighted by Gasteiger charge is -2.16. The van der Waals surface area contributed by atoms with Gasteiger partial charge < -0.3 is 0 Å². The number of hydrogen-bond acceptors (Lipinski definition) is 5. The van der Waals surface area contributed by atoms with E-state index < -0.39 is 30.8 Å². The second-order valence-electron chi connectivity index (χ2n) is 5.53. The molecule has 6 nitrogen and oxygen atoms in total. The van der Waals surface area contributed by atoms with Crippen molar-refractivity contribution in [2.45, 2.75) is 9.10 Å². The van der Waals surface area contributed by atoms with Crippen LogP contribution in [0.3, 0.4) is 0 Å². The van der Waals surface area contributed by atoms with E-state index in [2.05, 4.69) is 9.44 Å². The van der Waals surface area contributed by atoms with Crippen molar-refractivity contribution < 1.29 is 21.2 Å². The van der Waals surface area contributed by atoms with Crippen LogP contribution in [-0.4, -0.2) is 16.8 Å². The molecule has 0 aliphatic carbocycles. The minimum absolute atomic E-state index is 0.00157. The van der Waals surface area contributed by atoms with Gasteiger partial charge in [-0.1, -0.05) is 40.9 Å². The Balaban J connectivity index is 2.04. The third-order valence-corrected chi connectivity index (χ3v) is 8.83. The predicted molar refractivity (Wildman–Crippen MR) is 114 cm³/mol. The third-order valence-electron chi connectivity index (χ3n) is 3.49. The number of rotatable bonds is 6. The molecule has 2 N–H and O–H groups in total. The molecule has 0 unspecified atom stereocenters. The summed E-state index contributed by atoms with van der Waals surface area (Å²) in [6, 6.07) is 7.99. The van der Waals surface area contributed by atoms with E-state index >= 15 is 0 Å². The SMILES string of the molecule is O=S(=O)(Nc1cc(Cl)c(Cl)cc1NS(=O)(=O)c1ccc(F)cc1Cl)c1cccs1. The molecule has 0 bridgehead atoms. The number of thiophene rings is 1. The van der Waals surface area contributed by atoms with E-state index in [1.165, 1.54) is 12.1 Å². The predicted octanol–water partition coefficient (Wildman–Crippen LogP) is 5.45. The van der Waals surface area contributed by atoms with Crippen molar-refractivity contribution in [2.75, 3.05) is 9.44 Å². The molecule has 1 aromatic heterocycles. The Hall–Kier alpha value is -1.56. The molecular weight excluding hydrogens is 506 g/mol. The first-order chi connectivity index (χ1) is 13.5. The van der Waals surface area contributed by atoms with Crippen LogP contribution < -0.4 is 9.44 Å². The first kappa shape index (κ1) is 22.1. The largest absolute Gasteiger partial charge is 0.277 e. The van der Waals surface area contributed by atoms with Gasteiger partial charge in [-0.2, -0.15) is 0 Å². The quantitative estimate of drug-likeness (QED) is 0.457. The molecule has 3 aromatic rings. The summed E-state index contributed by atoms with van der Waals surface area (Å²) < 4.78 is 68.2. The van der Waals surface area contributed by atoms with E-state index in [1.54, 1.807) is 11.4 Å². The topological polar surface area (TPSA) is 92.3 Å². The zero-order chi connectivity index (χ0) is 21.4. The second kappa shape index (κ2) is 8.29. The molecule has 29 heavy (non-hydrogen) atoms. The average molecular weight is 516 g/mol. The molecule has 0 aliphatic heterocycles. The normalized spacial score (nSPS) is 12.0. The van der Waals surface area contributed by atoms with Crippen molar-refractivity contribution in [1.29, 1.82) is 0 Å². The maximum Gasteiger partial charge on any atom is 0.271 e. The number of anilines is 2. The zero-order valence-corrected chi connectivity index (χ0v) is 18.7. The highest BCUT2D eigenvalue weighted by molar-refractivity contribution is 7.94. The Morgan fingerprint density at radius 2 is 1.38 bits per heavy atom. The lowest BCUT2D eigenvalue weighted by molar-refractivity contribution is 0.598. The summed E-state index contributed by atoms with van der Waals surface area (Å²) in [5.74, 6) is -0.715. The summed E-state index contributed by atoms with van der Waals surface area (Å²) in [6.07, 6.45) is 0. The first-order valence-corrected chi connectivity index (χ1v) is 12.5. The van der Waals surface area contributed by atoms with Crippen LogP contribution in [0.2, 0.25) is 15.1 Å². The lowest BCUT2D eigenvalue weighted by Crippen LogP contribution is -2.17. The highest BCUT2D eigenvalue weighted by atomic mass is 35.5. The molecule has 0 radical (unpaired) electrons. The summed E-state index contributed by atoms with van der Waals surface area (Å²) in [6.45, 7) is 0. The number of nitrogens with one attached hydrogen (secondary N) is 2. The van der Waals surface area contributed by atoms with E-state index in [0.29, 0.717) is 0 Å². The van der Waals surface area contributed by atoms with Gasteiger partial charge in [-0.3, -0.25) is 9.44 Å². The number of hydrogen-bond donors (Lipinski definition) is 2. The Kier molecular flexibility index (Phi) is 6.32. The van der Waals surface area contributed by atoms with E-state index in [-0.39, 0.29) is 30.7 Å². The van der Waals surface area contributed by atoms with Crippen LogP contribution in [0.1, 0.15) is 0 Å². The van der Waals surface area contributed by atoms with Gasteiger partial charge in [0, 0.05) is 0 Å². The molecule has 13 heteroatoms. The number of halogens is 4. The maximum atomic E-state index is 13.2. The Bertz CT molecular complexity index is 1280. The molecule has 2 aromatic carbocycles. The summed E-state index contributed by atoms with van der Waals surface area (Å²) >= 11 is 18.7. The van der Waals surface area contributed by atoms with Crippen molar-refractivity contribution in [3.63, 3.8) is 0 Å². The van der Waals surface area contributed by atoms with E-state index in [9.17, 15) is 21.2 Å². The highest BCUT2D eigenvalue weighted by Gasteiger charge is 2.23. The van der Waals surface area contributed by atoms with Crippen LogP contribution in [0, 0.1) is 5.82 Å². The van der Waals surface area contributed by atoms with Gasteiger partial charge in [-0.15, -0.1) is 11.3 Å². The van der Waals surface area contributed by atoms with E-state index in [4.69, 9.17) is 34.8 Å². The van der Waals surface area contributed by atoms with Crippen LogP contribution in [0.15, 0.2) is 56.9 Å². The van der Waals surface area contributed by atoms with Crippen LogP contribution in [0.4, 0.5) is 15.8 Å². The van der Waals surface area contributed by atoms with Crippen LogP contribution in [0.25, 0.3) is 0 Å². The molecule has 0 saturated heterocycles.